The number of nitrogens with one attached hydrogen (secondary N) is 1. The summed E-state index contributed by atoms with van der Waals surface area (Å²) in [6.45, 7) is 0.269. The number of sulfonamides is 1. The number of halogens is 2. The molecule has 1 unspecified atom stereocenters. The Morgan fingerprint density at radius 3 is 2.52 bits per heavy atom. The molecule has 118 valence electrons. The topological polar surface area (TPSA) is 106 Å². The molecule has 0 aromatic heterocycles. The Morgan fingerprint density at radius 2 is 2.00 bits per heavy atom. The number of carbonyl (C=O) groups excluding carboxylic acids is 1. The van der Waals surface area contributed by atoms with Crippen LogP contribution in [0.5, 0.6) is 0 Å². The SMILES string of the molecule is CS(=O)CCCNC(=O)c1c(Cl)ccc(S(N)(=O)=O)c1Cl. The van der Waals surface area contributed by atoms with Gasteiger partial charge in [0.05, 0.1) is 15.6 Å². The molecule has 21 heavy (non-hydrogen) atoms. The lowest BCUT2D eigenvalue weighted by Gasteiger charge is -2.10. The highest BCUT2D eigenvalue weighted by Gasteiger charge is 2.22. The first-order valence-electron chi connectivity index (χ1n) is 5.73. The third-order valence-electron chi connectivity index (χ3n) is 2.48. The predicted molar refractivity (Wildman–Crippen MR) is 83.7 cm³/mol. The predicted octanol–water partition coefficient (Wildman–Crippen LogP) is 1.14. The molecule has 6 nitrogen and oxygen atoms in total. The highest BCUT2D eigenvalue weighted by atomic mass is 35.5. The largest absolute Gasteiger partial charge is 0.352 e. The number of hydrogen-bond acceptors (Lipinski definition) is 4. The van der Waals surface area contributed by atoms with Gasteiger partial charge < -0.3 is 5.32 Å². The fourth-order valence-corrected chi connectivity index (χ4v) is 3.55. The molecule has 0 aliphatic heterocycles. The molecule has 0 radical (unpaired) electrons. The number of nitrogens with two attached hydrogens (primary N) is 1. The van der Waals surface area contributed by atoms with E-state index in [0.717, 1.165) is 6.07 Å². The van der Waals surface area contributed by atoms with Gasteiger partial charge in [0.2, 0.25) is 10.0 Å². The maximum absolute atomic E-state index is 12.0. The normalized spacial score (nSPS) is 13.0. The van der Waals surface area contributed by atoms with Crippen molar-refractivity contribution in [3.8, 4) is 0 Å². The van der Waals surface area contributed by atoms with Gasteiger partial charge in [0.25, 0.3) is 5.91 Å². The Hall–Kier alpha value is -0.670. The summed E-state index contributed by atoms with van der Waals surface area (Å²) in [5.74, 6) is -0.170. The minimum atomic E-state index is -4.05. The molecule has 1 rings (SSSR count). The fourth-order valence-electron chi connectivity index (χ4n) is 1.53. The average Bonchev–Trinajstić information content (AvgIpc) is 2.32. The zero-order chi connectivity index (χ0) is 16.2. The molecule has 0 saturated heterocycles. The standard InChI is InChI=1S/C11H14Cl2N2O4S2/c1-20(17)6-2-5-15-11(16)9-7(12)3-4-8(10(9)13)21(14,18)19/h3-4H,2,5-6H2,1H3,(H,15,16)(H2,14,18,19). The molecular formula is C11H14Cl2N2O4S2. The van der Waals surface area contributed by atoms with Gasteiger partial charge in [-0.15, -0.1) is 0 Å². The van der Waals surface area contributed by atoms with E-state index >= 15 is 0 Å². The Bertz CT molecular complexity index is 677. The van der Waals surface area contributed by atoms with E-state index in [1.807, 2.05) is 0 Å². The Balaban J connectivity index is 2.97. The van der Waals surface area contributed by atoms with Gasteiger partial charge in [0.15, 0.2) is 0 Å². The second-order valence-corrected chi connectivity index (χ2v) is 8.04. The maximum atomic E-state index is 12.0. The zero-order valence-electron chi connectivity index (χ0n) is 11.1. The molecule has 1 aromatic rings. The first kappa shape index (κ1) is 18.4. The molecule has 1 atom stereocenters. The molecule has 1 aromatic carbocycles. The molecule has 0 spiro atoms. The van der Waals surface area contributed by atoms with Crippen LogP contribution in [0.2, 0.25) is 10.0 Å². The van der Waals surface area contributed by atoms with Crippen LogP contribution < -0.4 is 10.5 Å². The molecule has 0 aliphatic rings. The average molecular weight is 373 g/mol. The third-order valence-corrected chi connectivity index (χ3v) is 5.12. The van der Waals surface area contributed by atoms with Gasteiger partial charge in [-0.05, 0) is 18.6 Å². The third kappa shape index (κ3) is 5.23. The van der Waals surface area contributed by atoms with E-state index in [0.29, 0.717) is 12.2 Å². The molecule has 0 bridgehead atoms. The monoisotopic (exact) mass is 372 g/mol. The summed E-state index contributed by atoms with van der Waals surface area (Å²) in [5, 5.41) is 7.25. The van der Waals surface area contributed by atoms with E-state index in [1.54, 1.807) is 6.26 Å². The van der Waals surface area contributed by atoms with Crippen LogP contribution in [0, 0.1) is 0 Å². The summed E-state index contributed by atoms with van der Waals surface area (Å²) in [7, 11) is -5.00. The maximum Gasteiger partial charge on any atom is 0.254 e. The Morgan fingerprint density at radius 1 is 1.38 bits per heavy atom. The highest BCUT2D eigenvalue weighted by Crippen LogP contribution is 2.30. The lowest BCUT2D eigenvalue weighted by molar-refractivity contribution is 0.0954. The van der Waals surface area contributed by atoms with E-state index in [2.05, 4.69) is 5.32 Å². The lowest BCUT2D eigenvalue weighted by atomic mass is 10.2. The van der Waals surface area contributed by atoms with E-state index in [1.165, 1.54) is 6.07 Å². The highest BCUT2D eigenvalue weighted by molar-refractivity contribution is 7.89. The van der Waals surface area contributed by atoms with Crippen LogP contribution in [0.4, 0.5) is 0 Å². The van der Waals surface area contributed by atoms with Crippen molar-refractivity contribution in [2.75, 3.05) is 18.6 Å². The van der Waals surface area contributed by atoms with Gasteiger partial charge in [0, 0.05) is 29.4 Å². The number of carbonyl (C=O) groups is 1. The number of amides is 1. The number of hydrogen-bond donors (Lipinski definition) is 2. The van der Waals surface area contributed by atoms with Gasteiger partial charge in [0.1, 0.15) is 4.90 Å². The van der Waals surface area contributed by atoms with Crippen molar-refractivity contribution in [1.82, 2.24) is 5.32 Å². The molecule has 0 heterocycles. The molecule has 10 heteroatoms. The molecular weight excluding hydrogens is 359 g/mol. The van der Waals surface area contributed by atoms with Crippen molar-refractivity contribution in [3.63, 3.8) is 0 Å². The minimum Gasteiger partial charge on any atom is -0.352 e. The van der Waals surface area contributed by atoms with Crippen LogP contribution in [0.1, 0.15) is 16.8 Å². The van der Waals surface area contributed by atoms with Crippen LogP contribution in [-0.2, 0) is 20.8 Å². The smallest absolute Gasteiger partial charge is 0.254 e. The summed E-state index contributed by atoms with van der Waals surface area (Å²) in [5.41, 5.74) is -0.150. The lowest BCUT2D eigenvalue weighted by Crippen LogP contribution is -2.26. The van der Waals surface area contributed by atoms with Gasteiger partial charge in [-0.3, -0.25) is 9.00 Å². The van der Waals surface area contributed by atoms with Crippen LogP contribution in [0.15, 0.2) is 17.0 Å². The van der Waals surface area contributed by atoms with Crippen LogP contribution in [-0.4, -0.2) is 37.1 Å². The van der Waals surface area contributed by atoms with Gasteiger partial charge in [-0.25, -0.2) is 13.6 Å². The first-order valence-corrected chi connectivity index (χ1v) is 9.76. The number of primary sulfonamides is 1. The van der Waals surface area contributed by atoms with E-state index < -0.39 is 26.7 Å². The molecule has 0 fully saturated rings. The van der Waals surface area contributed by atoms with Gasteiger partial charge in [-0.1, -0.05) is 23.2 Å². The van der Waals surface area contributed by atoms with Crippen LogP contribution in [0.25, 0.3) is 0 Å². The first-order chi connectivity index (χ1) is 9.64. The van der Waals surface area contributed by atoms with Crippen molar-refractivity contribution in [3.05, 3.63) is 27.7 Å². The van der Waals surface area contributed by atoms with Gasteiger partial charge in [-0.2, -0.15) is 0 Å². The summed E-state index contributed by atoms with van der Waals surface area (Å²) < 4.78 is 33.6. The molecule has 0 saturated carbocycles. The second kappa shape index (κ2) is 7.55. The van der Waals surface area contributed by atoms with Crippen molar-refractivity contribution in [1.29, 1.82) is 0 Å². The van der Waals surface area contributed by atoms with Crippen molar-refractivity contribution in [2.45, 2.75) is 11.3 Å². The summed E-state index contributed by atoms with van der Waals surface area (Å²) >= 11 is 11.8. The Labute approximate surface area is 135 Å². The molecule has 3 N–H and O–H groups in total. The quantitative estimate of drug-likeness (QED) is 0.729. The van der Waals surface area contributed by atoms with Gasteiger partial charge >= 0.3 is 0 Å². The van der Waals surface area contributed by atoms with E-state index in [4.69, 9.17) is 28.3 Å². The zero-order valence-corrected chi connectivity index (χ0v) is 14.2. The number of benzene rings is 1. The molecule has 1 amide bonds. The van der Waals surface area contributed by atoms with Crippen LogP contribution >= 0.6 is 23.2 Å². The summed E-state index contributed by atoms with van der Waals surface area (Å²) in [6.07, 6.45) is 2.07. The minimum absolute atomic E-state index is 0.0176. The number of rotatable bonds is 6. The summed E-state index contributed by atoms with van der Waals surface area (Å²) in [4.78, 5) is 11.7. The van der Waals surface area contributed by atoms with Crippen molar-refractivity contribution < 1.29 is 17.4 Å². The van der Waals surface area contributed by atoms with E-state index in [9.17, 15) is 17.4 Å². The Kier molecular flexibility index (Phi) is 6.61. The van der Waals surface area contributed by atoms with Crippen LogP contribution in [0.3, 0.4) is 0 Å². The summed E-state index contributed by atoms with van der Waals surface area (Å²) in [6, 6.07) is 2.38. The van der Waals surface area contributed by atoms with Crippen molar-refractivity contribution in [2.24, 2.45) is 5.14 Å². The second-order valence-electron chi connectivity index (χ2n) is 4.17. The fraction of sp³-hybridized carbons (Fsp3) is 0.364. The van der Waals surface area contributed by atoms with E-state index in [-0.39, 0.29) is 27.0 Å². The van der Waals surface area contributed by atoms with Crippen molar-refractivity contribution >= 4 is 49.9 Å². The molecule has 0 aliphatic carbocycles.